The molecule has 34 heavy (non-hydrogen) atoms. The van der Waals surface area contributed by atoms with E-state index in [9.17, 15) is 4.79 Å². The van der Waals surface area contributed by atoms with Gasteiger partial charge in [0.1, 0.15) is 11.4 Å². The number of aromatic nitrogens is 5. The van der Waals surface area contributed by atoms with Crippen LogP contribution in [0.25, 0.3) is 11.5 Å². The maximum Gasteiger partial charge on any atom is 0.361 e. The number of aliphatic imine (C=N–C) groups is 1. The highest BCUT2D eigenvalue weighted by atomic mass is 16.5. The minimum absolute atomic E-state index is 0.0830. The molecule has 0 atom stereocenters. The summed E-state index contributed by atoms with van der Waals surface area (Å²) < 4.78 is 7.16. The number of fused-ring (bicyclic) bond motifs is 1. The average Bonchev–Trinajstić information content (AvgIpc) is 3.44. The van der Waals surface area contributed by atoms with Crippen molar-refractivity contribution in [3.8, 4) is 11.5 Å². The summed E-state index contributed by atoms with van der Waals surface area (Å²) in [4.78, 5) is 25.8. The lowest BCUT2D eigenvalue weighted by Crippen LogP contribution is -2.27. The Morgan fingerprint density at radius 2 is 1.88 bits per heavy atom. The predicted octanol–water partition coefficient (Wildman–Crippen LogP) is 3.43. The first kappa shape index (κ1) is 23.3. The van der Waals surface area contributed by atoms with E-state index in [-0.39, 0.29) is 11.8 Å². The van der Waals surface area contributed by atoms with Gasteiger partial charge in [-0.1, -0.05) is 0 Å². The smallest absolute Gasteiger partial charge is 0.361 e. The van der Waals surface area contributed by atoms with Crippen LogP contribution in [0.15, 0.2) is 34.4 Å². The summed E-state index contributed by atoms with van der Waals surface area (Å²) in [6.07, 6.45) is -0.292. The number of carbonyl (C=O) groups excluding carboxylic acids is 1. The Morgan fingerprint density at radius 1 is 1.15 bits per heavy atom. The van der Waals surface area contributed by atoms with E-state index in [1.165, 1.54) is 4.79 Å². The number of hydrogen-bond acceptors (Lipinski definition) is 8. The van der Waals surface area contributed by atoms with E-state index < -0.39 is 5.97 Å². The molecule has 1 aliphatic rings. The largest absolute Gasteiger partial charge is 0.458 e. The first-order chi connectivity index (χ1) is 16.2. The van der Waals surface area contributed by atoms with Crippen LogP contribution in [0.3, 0.4) is 0 Å². The van der Waals surface area contributed by atoms with Crippen molar-refractivity contribution in [3.63, 3.8) is 0 Å². The van der Waals surface area contributed by atoms with E-state index in [0.29, 0.717) is 23.1 Å². The van der Waals surface area contributed by atoms with Gasteiger partial charge in [0, 0.05) is 31.5 Å². The van der Waals surface area contributed by atoms with Crippen LogP contribution in [0.2, 0.25) is 0 Å². The number of esters is 1. The molecule has 1 aromatic carbocycles. The average molecular weight is 463 g/mol. The van der Waals surface area contributed by atoms with Gasteiger partial charge in [0.15, 0.2) is 0 Å². The molecule has 0 radical (unpaired) electrons. The third kappa shape index (κ3) is 4.35. The topological polar surface area (TPSA) is 103 Å². The van der Waals surface area contributed by atoms with Crippen LogP contribution in [-0.2, 0) is 16.6 Å². The van der Waals surface area contributed by atoms with Gasteiger partial charge < -0.3 is 9.64 Å². The first-order valence-corrected chi connectivity index (χ1v) is 11.4. The lowest BCUT2D eigenvalue weighted by atomic mass is 10.1. The molecule has 10 nitrogen and oxygen atoms in total. The Kier molecular flexibility index (Phi) is 6.32. The molecule has 10 heteroatoms. The van der Waals surface area contributed by atoms with Crippen molar-refractivity contribution >= 4 is 28.8 Å². The zero-order valence-electron chi connectivity index (χ0n) is 20.7. The van der Waals surface area contributed by atoms with Gasteiger partial charge in [-0.3, -0.25) is 4.68 Å². The molecule has 4 rings (SSSR count). The number of benzene rings is 1. The maximum atomic E-state index is 12.8. The van der Waals surface area contributed by atoms with Crippen LogP contribution >= 0.6 is 0 Å². The maximum absolute atomic E-state index is 12.8. The molecular weight excluding hydrogens is 432 g/mol. The monoisotopic (exact) mass is 462 g/mol. The molecule has 0 spiro atoms. The molecule has 0 bridgehead atoms. The van der Waals surface area contributed by atoms with Gasteiger partial charge in [-0.2, -0.15) is 5.10 Å². The molecule has 178 valence electrons. The van der Waals surface area contributed by atoms with E-state index >= 15 is 0 Å². The normalized spacial score (nSPS) is 14.0. The molecule has 0 N–H and O–H groups in total. The Morgan fingerprint density at radius 3 is 2.47 bits per heavy atom. The van der Waals surface area contributed by atoms with Crippen molar-refractivity contribution in [1.29, 1.82) is 0 Å². The Balaban J connectivity index is 1.78. The van der Waals surface area contributed by atoms with Crippen LogP contribution in [0.1, 0.15) is 44.8 Å². The number of aryl methyl sites for hydroxylation is 3. The Labute approximate surface area is 199 Å². The fourth-order valence-corrected chi connectivity index (χ4v) is 3.73. The summed E-state index contributed by atoms with van der Waals surface area (Å²) in [6.45, 7) is 13.6. The summed E-state index contributed by atoms with van der Waals surface area (Å²) in [5.41, 5.74) is 4.85. The van der Waals surface area contributed by atoms with Gasteiger partial charge in [0.2, 0.25) is 17.4 Å². The molecule has 0 fully saturated rings. The van der Waals surface area contributed by atoms with Crippen molar-refractivity contribution in [3.05, 3.63) is 41.3 Å². The lowest BCUT2D eigenvalue weighted by Gasteiger charge is -2.21. The highest BCUT2D eigenvalue weighted by Crippen LogP contribution is 2.27. The Hall–Kier alpha value is -3.82. The van der Waals surface area contributed by atoms with Gasteiger partial charge in [-0.15, -0.1) is 15.0 Å². The fourth-order valence-electron chi connectivity index (χ4n) is 3.73. The van der Waals surface area contributed by atoms with Gasteiger partial charge in [-0.05, 0) is 71.4 Å². The summed E-state index contributed by atoms with van der Waals surface area (Å²) >= 11 is 0. The first-order valence-electron chi connectivity index (χ1n) is 11.4. The minimum Gasteiger partial charge on any atom is -0.458 e. The number of nitrogens with zero attached hydrogens (tertiary/aromatic N) is 8. The van der Waals surface area contributed by atoms with E-state index in [2.05, 4.69) is 45.1 Å². The van der Waals surface area contributed by atoms with Crippen LogP contribution in [-0.4, -0.2) is 61.2 Å². The summed E-state index contributed by atoms with van der Waals surface area (Å²) in [5.74, 6) is 0.231. The molecule has 0 saturated heterocycles. The van der Waals surface area contributed by atoms with Crippen LogP contribution in [0.4, 0.5) is 11.4 Å². The Bertz CT molecular complexity index is 1270. The van der Waals surface area contributed by atoms with E-state index in [0.717, 1.165) is 35.7 Å². The molecule has 1 aliphatic heterocycles. The second-order valence-corrected chi connectivity index (χ2v) is 8.45. The highest BCUT2D eigenvalue weighted by molar-refractivity contribution is 6.69. The van der Waals surface area contributed by atoms with Crippen LogP contribution in [0.5, 0.6) is 0 Å². The third-order valence-electron chi connectivity index (χ3n) is 5.64. The van der Waals surface area contributed by atoms with Gasteiger partial charge in [-0.25, -0.2) is 14.8 Å². The number of carbonyl (C=O) groups is 1. The summed E-state index contributed by atoms with van der Waals surface area (Å²) in [6, 6.07) is 7.97. The zero-order valence-corrected chi connectivity index (χ0v) is 20.7. The molecular formula is C24H30N8O2. The summed E-state index contributed by atoms with van der Waals surface area (Å²) in [5, 5.41) is 13.3. The van der Waals surface area contributed by atoms with E-state index in [4.69, 9.17) is 9.73 Å². The van der Waals surface area contributed by atoms with Crippen molar-refractivity contribution in [2.24, 2.45) is 17.1 Å². The summed E-state index contributed by atoms with van der Waals surface area (Å²) in [7, 11) is 1.86. The molecule has 0 unspecified atom stereocenters. The van der Waals surface area contributed by atoms with Gasteiger partial charge in [0.05, 0.1) is 11.8 Å². The molecule has 0 aliphatic carbocycles. The van der Waals surface area contributed by atoms with Gasteiger partial charge >= 0.3 is 5.97 Å². The molecule has 3 heterocycles. The highest BCUT2D eigenvalue weighted by Gasteiger charge is 2.34. The van der Waals surface area contributed by atoms with Gasteiger partial charge in [0.25, 0.3) is 0 Å². The van der Waals surface area contributed by atoms with Crippen molar-refractivity contribution < 1.29 is 9.53 Å². The standard InChI is InChI=1S/C24H30N8O2/c1-8-31(9-2)17-10-11-18(15(5)12-17)25-20-21(24(33)34-14(3)4)28-32-23(20)26-22(29-32)19-13-16(6)30(7)27-19/h10-14H,8-9H2,1-7H3/b25-20-. The molecule has 0 amide bonds. The number of anilines is 1. The predicted molar refractivity (Wildman–Crippen MR) is 132 cm³/mol. The van der Waals surface area contributed by atoms with Crippen LogP contribution in [0, 0.1) is 13.8 Å². The molecule has 3 aromatic rings. The van der Waals surface area contributed by atoms with Crippen molar-refractivity contribution in [2.45, 2.75) is 47.6 Å². The minimum atomic E-state index is -0.561. The van der Waals surface area contributed by atoms with Crippen LogP contribution < -0.4 is 4.90 Å². The zero-order chi connectivity index (χ0) is 24.6. The SMILES string of the molecule is CCN(CC)c1ccc(/N=C2/C(C(=O)OC(C)C)=Nn3nc(-c4cc(C)n(C)n4)nc32)c(C)c1. The lowest BCUT2D eigenvalue weighted by molar-refractivity contribution is -0.138. The second-order valence-electron chi connectivity index (χ2n) is 8.45. The molecule has 2 aromatic heterocycles. The van der Waals surface area contributed by atoms with E-state index in [1.807, 2.05) is 39.1 Å². The fraction of sp³-hybridized carbons (Fsp3) is 0.417. The number of rotatable bonds is 7. The number of ether oxygens (including phenoxy) is 1. The van der Waals surface area contributed by atoms with Crippen molar-refractivity contribution in [2.75, 3.05) is 18.0 Å². The quantitative estimate of drug-likeness (QED) is 0.499. The molecule has 0 saturated carbocycles. The third-order valence-corrected chi connectivity index (χ3v) is 5.64. The van der Waals surface area contributed by atoms with Crippen molar-refractivity contribution in [1.82, 2.24) is 24.7 Å². The second kappa shape index (κ2) is 9.20. The van der Waals surface area contributed by atoms with E-state index in [1.54, 1.807) is 18.5 Å². The number of hydrogen-bond donors (Lipinski definition) is 0.